The zero-order valence-corrected chi connectivity index (χ0v) is 10.7. The quantitative estimate of drug-likeness (QED) is 0.778. The van der Waals surface area contributed by atoms with Crippen LogP contribution in [-0.4, -0.2) is 20.5 Å². The minimum atomic E-state index is -0.350. The van der Waals surface area contributed by atoms with Gasteiger partial charge in [-0.05, 0) is 37.3 Å². The van der Waals surface area contributed by atoms with E-state index in [-0.39, 0.29) is 11.7 Å². The standard InChI is InChI=1S/C14H11FN4O/c1-9-8-13-16-7-6-12(19(13)18-9)14(20)17-11-4-2-10(15)3-5-11/h2-8H,1H3,(H,17,20). The molecule has 5 nitrogen and oxygen atoms in total. The smallest absolute Gasteiger partial charge is 0.274 e. The first kappa shape index (κ1) is 12.3. The highest BCUT2D eigenvalue weighted by atomic mass is 19.1. The van der Waals surface area contributed by atoms with Crippen LogP contribution in [0.3, 0.4) is 0 Å². The monoisotopic (exact) mass is 270 g/mol. The molecule has 0 aliphatic heterocycles. The van der Waals surface area contributed by atoms with Gasteiger partial charge in [0, 0.05) is 18.0 Å². The average molecular weight is 270 g/mol. The van der Waals surface area contributed by atoms with Crippen LogP contribution in [-0.2, 0) is 0 Å². The van der Waals surface area contributed by atoms with Gasteiger partial charge in [0.25, 0.3) is 5.91 Å². The second-order valence-corrected chi connectivity index (χ2v) is 4.35. The van der Waals surface area contributed by atoms with Gasteiger partial charge in [-0.25, -0.2) is 13.9 Å². The highest BCUT2D eigenvalue weighted by Crippen LogP contribution is 2.12. The molecule has 3 aromatic rings. The number of carbonyl (C=O) groups excluding carboxylic acids is 1. The second-order valence-electron chi connectivity index (χ2n) is 4.35. The molecule has 0 saturated carbocycles. The number of halogens is 1. The van der Waals surface area contributed by atoms with E-state index in [1.807, 2.05) is 6.92 Å². The van der Waals surface area contributed by atoms with Crippen LogP contribution in [0.25, 0.3) is 5.65 Å². The molecule has 1 N–H and O–H groups in total. The lowest BCUT2D eigenvalue weighted by Crippen LogP contribution is -2.16. The van der Waals surface area contributed by atoms with Crippen molar-refractivity contribution in [2.75, 3.05) is 5.32 Å². The maximum absolute atomic E-state index is 12.8. The van der Waals surface area contributed by atoms with Crippen LogP contribution in [0.1, 0.15) is 16.2 Å². The van der Waals surface area contributed by atoms with Gasteiger partial charge in [-0.1, -0.05) is 0 Å². The van der Waals surface area contributed by atoms with Gasteiger partial charge >= 0.3 is 0 Å². The number of benzene rings is 1. The van der Waals surface area contributed by atoms with Crippen molar-refractivity contribution in [3.05, 3.63) is 59.8 Å². The molecule has 0 fully saturated rings. The Labute approximate surface area is 114 Å². The fraction of sp³-hybridized carbons (Fsp3) is 0.0714. The van der Waals surface area contributed by atoms with E-state index in [0.29, 0.717) is 17.0 Å². The lowest BCUT2D eigenvalue weighted by Gasteiger charge is -2.06. The number of hydrogen-bond acceptors (Lipinski definition) is 3. The summed E-state index contributed by atoms with van der Waals surface area (Å²) in [4.78, 5) is 16.4. The predicted octanol–water partition coefficient (Wildman–Crippen LogP) is 2.43. The molecule has 0 spiro atoms. The minimum Gasteiger partial charge on any atom is -0.321 e. The van der Waals surface area contributed by atoms with Crippen LogP contribution in [0.2, 0.25) is 0 Å². The van der Waals surface area contributed by atoms with Gasteiger partial charge in [-0.2, -0.15) is 5.10 Å². The molecule has 0 saturated heterocycles. The third kappa shape index (κ3) is 2.23. The van der Waals surface area contributed by atoms with E-state index in [1.165, 1.54) is 28.8 Å². The summed E-state index contributed by atoms with van der Waals surface area (Å²) in [5, 5.41) is 6.92. The Morgan fingerprint density at radius 3 is 2.75 bits per heavy atom. The Morgan fingerprint density at radius 1 is 1.25 bits per heavy atom. The molecule has 100 valence electrons. The third-order valence-corrected chi connectivity index (χ3v) is 2.81. The van der Waals surface area contributed by atoms with E-state index in [0.717, 1.165) is 5.69 Å². The van der Waals surface area contributed by atoms with Crippen LogP contribution in [0.4, 0.5) is 10.1 Å². The summed E-state index contributed by atoms with van der Waals surface area (Å²) in [5.74, 6) is -0.677. The number of aryl methyl sites for hydroxylation is 1. The molecule has 6 heteroatoms. The lowest BCUT2D eigenvalue weighted by atomic mass is 10.3. The van der Waals surface area contributed by atoms with Crippen LogP contribution in [0.15, 0.2) is 42.6 Å². The maximum atomic E-state index is 12.8. The van der Waals surface area contributed by atoms with Crippen molar-refractivity contribution >= 4 is 17.2 Å². The molecule has 2 heterocycles. The number of anilines is 1. The Kier molecular flexibility index (Phi) is 2.90. The average Bonchev–Trinajstić information content (AvgIpc) is 2.81. The minimum absolute atomic E-state index is 0.327. The van der Waals surface area contributed by atoms with Crippen LogP contribution >= 0.6 is 0 Å². The molecule has 0 aliphatic carbocycles. The molecule has 0 atom stereocenters. The first-order valence-electron chi connectivity index (χ1n) is 6.02. The van der Waals surface area contributed by atoms with Gasteiger partial charge in [0.1, 0.15) is 11.5 Å². The van der Waals surface area contributed by atoms with E-state index in [9.17, 15) is 9.18 Å². The molecular formula is C14H11FN4O. The summed E-state index contributed by atoms with van der Waals surface area (Å²) >= 11 is 0. The zero-order valence-electron chi connectivity index (χ0n) is 10.7. The lowest BCUT2D eigenvalue weighted by molar-refractivity contribution is 0.102. The van der Waals surface area contributed by atoms with Gasteiger partial charge in [-0.3, -0.25) is 4.79 Å². The molecule has 0 radical (unpaired) electrons. The zero-order chi connectivity index (χ0) is 14.1. The second kappa shape index (κ2) is 4.73. The number of nitrogens with zero attached hydrogens (tertiary/aromatic N) is 3. The fourth-order valence-electron chi connectivity index (χ4n) is 1.91. The summed E-state index contributed by atoms with van der Waals surface area (Å²) in [6, 6.07) is 8.94. The summed E-state index contributed by atoms with van der Waals surface area (Å²) in [6.45, 7) is 1.83. The number of rotatable bonds is 2. The van der Waals surface area contributed by atoms with E-state index >= 15 is 0 Å². The van der Waals surface area contributed by atoms with Crippen molar-refractivity contribution in [3.63, 3.8) is 0 Å². The van der Waals surface area contributed by atoms with Gasteiger partial charge in [0.15, 0.2) is 5.65 Å². The van der Waals surface area contributed by atoms with Gasteiger partial charge in [-0.15, -0.1) is 0 Å². The summed E-state index contributed by atoms with van der Waals surface area (Å²) < 4.78 is 14.3. The van der Waals surface area contributed by atoms with E-state index in [1.54, 1.807) is 18.3 Å². The summed E-state index contributed by atoms with van der Waals surface area (Å²) in [6.07, 6.45) is 1.55. The first-order valence-corrected chi connectivity index (χ1v) is 6.02. The van der Waals surface area contributed by atoms with E-state index in [4.69, 9.17) is 0 Å². The Balaban J connectivity index is 1.94. The molecule has 2 aromatic heterocycles. The van der Waals surface area contributed by atoms with Gasteiger partial charge < -0.3 is 5.32 Å². The van der Waals surface area contributed by atoms with Crippen molar-refractivity contribution in [3.8, 4) is 0 Å². The van der Waals surface area contributed by atoms with Crippen molar-refractivity contribution < 1.29 is 9.18 Å². The third-order valence-electron chi connectivity index (χ3n) is 2.81. The highest BCUT2D eigenvalue weighted by molar-refractivity contribution is 6.03. The number of amides is 1. The van der Waals surface area contributed by atoms with Crippen molar-refractivity contribution in [2.24, 2.45) is 0 Å². The van der Waals surface area contributed by atoms with Gasteiger partial charge in [0.2, 0.25) is 0 Å². The maximum Gasteiger partial charge on any atom is 0.274 e. The number of fused-ring (bicyclic) bond motifs is 1. The molecule has 0 unspecified atom stereocenters. The number of aromatic nitrogens is 3. The summed E-state index contributed by atoms with van der Waals surface area (Å²) in [5.41, 5.74) is 2.27. The predicted molar refractivity (Wildman–Crippen MR) is 72.1 cm³/mol. The topological polar surface area (TPSA) is 59.3 Å². The van der Waals surface area contributed by atoms with Crippen molar-refractivity contribution in [1.82, 2.24) is 14.6 Å². The Bertz CT molecular complexity index is 779. The van der Waals surface area contributed by atoms with Crippen LogP contribution in [0, 0.1) is 12.7 Å². The Morgan fingerprint density at radius 2 is 2.00 bits per heavy atom. The Hall–Kier alpha value is -2.76. The molecule has 1 aromatic carbocycles. The van der Waals surface area contributed by atoms with E-state index in [2.05, 4.69) is 15.4 Å². The van der Waals surface area contributed by atoms with E-state index < -0.39 is 0 Å². The number of nitrogens with one attached hydrogen (secondary N) is 1. The molecule has 0 bridgehead atoms. The van der Waals surface area contributed by atoms with Crippen molar-refractivity contribution in [2.45, 2.75) is 6.92 Å². The highest BCUT2D eigenvalue weighted by Gasteiger charge is 2.12. The molecule has 1 amide bonds. The molecular weight excluding hydrogens is 259 g/mol. The normalized spacial score (nSPS) is 10.7. The largest absolute Gasteiger partial charge is 0.321 e. The van der Waals surface area contributed by atoms with Crippen LogP contribution < -0.4 is 5.32 Å². The van der Waals surface area contributed by atoms with Crippen LogP contribution in [0.5, 0.6) is 0 Å². The van der Waals surface area contributed by atoms with Crippen molar-refractivity contribution in [1.29, 1.82) is 0 Å². The molecule has 3 rings (SSSR count). The fourth-order valence-corrected chi connectivity index (χ4v) is 1.91. The molecule has 0 aliphatic rings. The number of carbonyl (C=O) groups is 1. The summed E-state index contributed by atoms with van der Waals surface area (Å²) in [7, 11) is 0. The molecule has 20 heavy (non-hydrogen) atoms. The number of hydrogen-bond donors (Lipinski definition) is 1. The SMILES string of the molecule is Cc1cc2nccc(C(=O)Nc3ccc(F)cc3)n2n1. The van der Waals surface area contributed by atoms with Gasteiger partial charge in [0.05, 0.1) is 5.69 Å². The first-order chi connectivity index (χ1) is 9.63.